The van der Waals surface area contributed by atoms with Crippen molar-refractivity contribution in [1.29, 1.82) is 0 Å². The lowest BCUT2D eigenvalue weighted by Gasteiger charge is -2.21. The van der Waals surface area contributed by atoms with Crippen LogP contribution in [0.2, 0.25) is 0 Å². The number of sulfonamides is 1. The summed E-state index contributed by atoms with van der Waals surface area (Å²) < 4.78 is 54.7. The number of carbonyl (C=O) groups is 1. The summed E-state index contributed by atoms with van der Waals surface area (Å²) in [5.74, 6) is -1.83. The molecular formula is C25H32F2N2O3S. The molecule has 33 heavy (non-hydrogen) atoms. The first-order valence-electron chi connectivity index (χ1n) is 11.1. The minimum Gasteiger partial charge on any atom is -0.349 e. The van der Waals surface area contributed by atoms with Crippen molar-refractivity contribution in [3.8, 4) is 0 Å². The van der Waals surface area contributed by atoms with Gasteiger partial charge in [-0.1, -0.05) is 39.8 Å². The number of halogens is 2. The van der Waals surface area contributed by atoms with E-state index >= 15 is 0 Å². The van der Waals surface area contributed by atoms with Crippen molar-refractivity contribution in [3.63, 3.8) is 0 Å². The smallest absolute Gasteiger partial charge is 0.229 e. The van der Waals surface area contributed by atoms with Crippen molar-refractivity contribution in [2.75, 3.05) is 11.0 Å². The quantitative estimate of drug-likeness (QED) is 0.566. The number of carbonyl (C=O) groups excluding carboxylic acids is 1. The van der Waals surface area contributed by atoms with Crippen LogP contribution in [-0.2, 0) is 20.2 Å². The van der Waals surface area contributed by atoms with Crippen molar-refractivity contribution in [2.24, 2.45) is 5.92 Å². The van der Waals surface area contributed by atoms with Crippen molar-refractivity contribution < 1.29 is 22.0 Å². The second-order valence-corrected chi connectivity index (χ2v) is 11.7. The molecule has 1 amide bonds. The standard InChI is InChI=1S/C25H32F2N2O3S/c1-7-21(15-8-9-22(14(2)10-15)29-33(6,31)32)28-24(30)18-13-17(18)16-11-19(26)23(20(27)12-16)25(3,4)5/h8-12,17-18,21,29H,7,13H2,1-6H3,(H,28,30)/t17?,18-,21?/m1/s1. The minimum absolute atomic E-state index is 0.0585. The van der Waals surface area contributed by atoms with Crippen LogP contribution in [0.1, 0.15) is 74.8 Å². The van der Waals surface area contributed by atoms with Gasteiger partial charge in [-0.25, -0.2) is 17.2 Å². The molecule has 2 unspecified atom stereocenters. The summed E-state index contributed by atoms with van der Waals surface area (Å²) in [7, 11) is -3.38. The Morgan fingerprint density at radius 3 is 2.24 bits per heavy atom. The summed E-state index contributed by atoms with van der Waals surface area (Å²) in [5.41, 5.74) is 2.03. The van der Waals surface area contributed by atoms with E-state index in [2.05, 4.69) is 10.0 Å². The fraction of sp³-hybridized carbons (Fsp3) is 0.480. The third-order valence-corrected chi connectivity index (χ3v) is 6.63. The molecule has 5 nitrogen and oxygen atoms in total. The van der Waals surface area contributed by atoms with Gasteiger partial charge >= 0.3 is 0 Å². The van der Waals surface area contributed by atoms with E-state index in [1.807, 2.05) is 13.0 Å². The monoisotopic (exact) mass is 478 g/mol. The molecule has 0 aliphatic heterocycles. The molecule has 0 heterocycles. The topological polar surface area (TPSA) is 75.3 Å². The molecule has 3 rings (SSSR count). The molecule has 3 atom stereocenters. The Hall–Kier alpha value is -2.48. The summed E-state index contributed by atoms with van der Waals surface area (Å²) in [4.78, 5) is 12.9. The van der Waals surface area contributed by atoms with Crippen LogP contribution in [0.4, 0.5) is 14.5 Å². The molecule has 1 aliphatic carbocycles. The zero-order valence-electron chi connectivity index (χ0n) is 19.9. The number of nitrogens with one attached hydrogen (secondary N) is 2. The summed E-state index contributed by atoms with van der Waals surface area (Å²) in [5, 5.41) is 3.04. The van der Waals surface area contributed by atoms with E-state index in [0.717, 1.165) is 17.4 Å². The summed E-state index contributed by atoms with van der Waals surface area (Å²) in [6, 6.07) is 7.79. The van der Waals surface area contributed by atoms with Crippen LogP contribution >= 0.6 is 0 Å². The molecule has 2 N–H and O–H groups in total. The van der Waals surface area contributed by atoms with Crippen molar-refractivity contribution >= 4 is 21.6 Å². The van der Waals surface area contributed by atoms with Gasteiger partial charge in [-0.15, -0.1) is 0 Å². The molecule has 0 aromatic heterocycles. The largest absolute Gasteiger partial charge is 0.349 e. The maximum absolute atomic E-state index is 14.6. The van der Waals surface area contributed by atoms with Gasteiger partial charge < -0.3 is 5.32 Å². The number of benzene rings is 2. The lowest BCUT2D eigenvalue weighted by Crippen LogP contribution is -2.30. The van der Waals surface area contributed by atoms with E-state index in [0.29, 0.717) is 24.1 Å². The molecule has 0 radical (unpaired) electrons. The van der Waals surface area contributed by atoms with Gasteiger partial charge in [0.05, 0.1) is 18.0 Å². The van der Waals surface area contributed by atoms with Gasteiger partial charge in [0.25, 0.3) is 0 Å². The Balaban J connectivity index is 1.71. The Labute approximate surface area is 195 Å². The molecule has 0 saturated heterocycles. The lowest BCUT2D eigenvalue weighted by atomic mass is 9.85. The highest BCUT2D eigenvalue weighted by Gasteiger charge is 2.45. The highest BCUT2D eigenvalue weighted by Crippen LogP contribution is 2.49. The first-order chi connectivity index (χ1) is 15.2. The van der Waals surface area contributed by atoms with Crippen LogP contribution in [0.15, 0.2) is 30.3 Å². The van der Waals surface area contributed by atoms with Crippen LogP contribution in [0.3, 0.4) is 0 Å². The molecule has 8 heteroatoms. The second kappa shape index (κ2) is 9.05. The highest BCUT2D eigenvalue weighted by molar-refractivity contribution is 7.92. The Morgan fingerprint density at radius 1 is 1.15 bits per heavy atom. The van der Waals surface area contributed by atoms with Gasteiger partial charge in [-0.2, -0.15) is 0 Å². The van der Waals surface area contributed by atoms with Crippen molar-refractivity contribution in [2.45, 2.75) is 64.8 Å². The van der Waals surface area contributed by atoms with Crippen LogP contribution in [0, 0.1) is 24.5 Å². The molecule has 180 valence electrons. The fourth-order valence-electron chi connectivity index (χ4n) is 4.29. The molecule has 0 spiro atoms. The third kappa shape index (κ3) is 5.91. The molecule has 2 aromatic rings. The zero-order valence-corrected chi connectivity index (χ0v) is 20.7. The van der Waals surface area contributed by atoms with Gasteiger partial charge in [-0.05, 0) is 66.0 Å². The van der Waals surface area contributed by atoms with Gasteiger partial charge in [0.2, 0.25) is 15.9 Å². The molecule has 1 aliphatic rings. The predicted octanol–water partition coefficient (Wildman–Crippen LogP) is 5.31. The molecule has 1 saturated carbocycles. The summed E-state index contributed by atoms with van der Waals surface area (Å²) in [6.45, 7) is 9.03. The van der Waals surface area contributed by atoms with Crippen molar-refractivity contribution in [1.82, 2.24) is 5.32 Å². The van der Waals surface area contributed by atoms with Gasteiger partial charge in [0.1, 0.15) is 11.6 Å². The third-order valence-electron chi connectivity index (χ3n) is 6.04. The number of amides is 1. The van der Waals surface area contributed by atoms with E-state index in [1.54, 1.807) is 39.8 Å². The predicted molar refractivity (Wildman–Crippen MR) is 127 cm³/mol. The molecule has 2 aromatic carbocycles. The normalized spacial score (nSPS) is 19.2. The minimum atomic E-state index is -3.38. The molecule has 1 fully saturated rings. The average Bonchev–Trinajstić information content (AvgIpc) is 3.46. The number of aryl methyl sites for hydroxylation is 1. The highest BCUT2D eigenvalue weighted by atomic mass is 32.2. The van der Waals surface area contributed by atoms with Gasteiger partial charge in [-0.3, -0.25) is 9.52 Å². The van der Waals surface area contributed by atoms with Gasteiger partial charge in [0.15, 0.2) is 0 Å². The van der Waals surface area contributed by atoms with E-state index < -0.39 is 27.1 Å². The van der Waals surface area contributed by atoms with Crippen LogP contribution in [-0.4, -0.2) is 20.6 Å². The van der Waals surface area contributed by atoms with E-state index in [-0.39, 0.29) is 29.3 Å². The van der Waals surface area contributed by atoms with E-state index in [9.17, 15) is 22.0 Å². The zero-order chi connectivity index (χ0) is 24.7. The number of anilines is 1. The maximum atomic E-state index is 14.6. The lowest BCUT2D eigenvalue weighted by molar-refractivity contribution is -0.123. The van der Waals surface area contributed by atoms with Crippen LogP contribution in [0.5, 0.6) is 0 Å². The first-order valence-corrected chi connectivity index (χ1v) is 13.0. The number of hydrogen-bond acceptors (Lipinski definition) is 3. The summed E-state index contributed by atoms with van der Waals surface area (Å²) >= 11 is 0. The first kappa shape index (κ1) is 25.1. The molecular weight excluding hydrogens is 446 g/mol. The van der Waals surface area contributed by atoms with E-state index in [1.165, 1.54) is 12.1 Å². The van der Waals surface area contributed by atoms with Crippen LogP contribution < -0.4 is 10.0 Å². The average molecular weight is 479 g/mol. The SMILES string of the molecule is CCC(NC(=O)[C@@H]1CC1c1cc(F)c(C(C)(C)C)c(F)c1)c1ccc(NS(C)(=O)=O)c(C)c1. The number of hydrogen-bond donors (Lipinski definition) is 2. The fourth-order valence-corrected chi connectivity index (χ4v) is 4.92. The summed E-state index contributed by atoms with van der Waals surface area (Å²) in [6.07, 6.45) is 2.28. The van der Waals surface area contributed by atoms with Crippen LogP contribution in [0.25, 0.3) is 0 Å². The Kier molecular flexibility index (Phi) is 6.89. The maximum Gasteiger partial charge on any atom is 0.229 e. The second-order valence-electron chi connectivity index (χ2n) is 9.98. The Morgan fingerprint density at radius 2 is 1.76 bits per heavy atom. The van der Waals surface area contributed by atoms with E-state index in [4.69, 9.17) is 0 Å². The number of rotatable bonds is 7. The van der Waals surface area contributed by atoms with Crippen molar-refractivity contribution in [3.05, 3.63) is 64.2 Å². The van der Waals surface area contributed by atoms with Gasteiger partial charge in [0, 0.05) is 11.5 Å². The molecule has 0 bridgehead atoms. The Bertz CT molecular complexity index is 1150.